The van der Waals surface area contributed by atoms with Crippen LogP contribution in [0.15, 0.2) is 40.9 Å². The van der Waals surface area contributed by atoms with Crippen molar-refractivity contribution in [3.05, 3.63) is 68.2 Å². The molecule has 0 saturated carbocycles. The van der Waals surface area contributed by atoms with Gasteiger partial charge in [-0.25, -0.2) is 8.78 Å². The number of nitro groups is 1. The van der Waals surface area contributed by atoms with E-state index in [-0.39, 0.29) is 15.8 Å². The van der Waals surface area contributed by atoms with Gasteiger partial charge in [0.25, 0.3) is 5.69 Å². The van der Waals surface area contributed by atoms with Crippen molar-refractivity contribution in [3.63, 3.8) is 0 Å². The minimum Gasteiger partial charge on any atom is -0.373 e. The molecule has 4 nitrogen and oxygen atoms in total. The summed E-state index contributed by atoms with van der Waals surface area (Å²) in [5.74, 6) is -1.07. The number of rotatable bonds is 4. The van der Waals surface area contributed by atoms with Gasteiger partial charge in [0.2, 0.25) is 0 Å². The third-order valence-corrected chi connectivity index (χ3v) is 3.59. The number of nitrogens with one attached hydrogen (secondary N) is 1. The highest BCUT2D eigenvalue weighted by molar-refractivity contribution is 9.10. The van der Waals surface area contributed by atoms with Gasteiger partial charge in [-0.05, 0) is 28.9 Å². The first-order chi connectivity index (χ1) is 9.90. The summed E-state index contributed by atoms with van der Waals surface area (Å²) in [7, 11) is 0. The van der Waals surface area contributed by atoms with E-state index in [1.807, 2.05) is 0 Å². The van der Waals surface area contributed by atoms with E-state index in [0.717, 1.165) is 12.1 Å². The van der Waals surface area contributed by atoms with Gasteiger partial charge in [-0.15, -0.1) is 0 Å². The molecular weight excluding hydrogens is 346 g/mol. The molecule has 2 rings (SSSR count). The van der Waals surface area contributed by atoms with Crippen molar-refractivity contribution in [2.45, 2.75) is 13.0 Å². The SMILES string of the molecule is CC(Nc1cc(F)c(Br)cc1[N+](=O)[O-])c1ccccc1F. The zero-order valence-electron chi connectivity index (χ0n) is 10.9. The van der Waals surface area contributed by atoms with Gasteiger partial charge in [0.15, 0.2) is 0 Å². The Bertz CT molecular complexity index is 695. The van der Waals surface area contributed by atoms with Crippen LogP contribution in [0.4, 0.5) is 20.2 Å². The highest BCUT2D eigenvalue weighted by atomic mass is 79.9. The molecule has 1 unspecified atom stereocenters. The molecule has 0 bridgehead atoms. The van der Waals surface area contributed by atoms with Crippen LogP contribution in [-0.2, 0) is 0 Å². The maximum Gasteiger partial charge on any atom is 0.293 e. The van der Waals surface area contributed by atoms with Gasteiger partial charge in [0.05, 0.1) is 15.4 Å². The average molecular weight is 357 g/mol. The molecule has 1 atom stereocenters. The molecule has 0 amide bonds. The first kappa shape index (κ1) is 15.4. The van der Waals surface area contributed by atoms with Crippen LogP contribution in [0.1, 0.15) is 18.5 Å². The predicted molar refractivity (Wildman–Crippen MR) is 79.2 cm³/mol. The normalized spacial score (nSPS) is 12.0. The lowest BCUT2D eigenvalue weighted by Gasteiger charge is -2.16. The Kier molecular flexibility index (Phi) is 4.52. The topological polar surface area (TPSA) is 55.2 Å². The minimum atomic E-state index is -0.635. The molecular formula is C14H11BrF2N2O2. The van der Waals surface area contributed by atoms with Crippen molar-refractivity contribution < 1.29 is 13.7 Å². The molecule has 0 aromatic heterocycles. The van der Waals surface area contributed by atoms with Crippen LogP contribution in [0.2, 0.25) is 0 Å². The third kappa shape index (κ3) is 3.36. The quantitative estimate of drug-likeness (QED) is 0.631. The summed E-state index contributed by atoms with van der Waals surface area (Å²) in [6, 6.07) is 7.61. The Hall–Kier alpha value is -2.02. The van der Waals surface area contributed by atoms with Crippen LogP contribution in [0.3, 0.4) is 0 Å². The summed E-state index contributed by atoms with van der Waals surface area (Å²) in [6.45, 7) is 1.64. The fraction of sp³-hybridized carbons (Fsp3) is 0.143. The van der Waals surface area contributed by atoms with E-state index < -0.39 is 22.6 Å². The predicted octanol–water partition coefficient (Wildman–Crippen LogP) is 4.81. The molecule has 21 heavy (non-hydrogen) atoms. The highest BCUT2D eigenvalue weighted by Crippen LogP contribution is 2.33. The molecule has 2 aromatic carbocycles. The van der Waals surface area contributed by atoms with Gasteiger partial charge in [0.1, 0.15) is 17.3 Å². The zero-order valence-corrected chi connectivity index (χ0v) is 12.5. The van der Waals surface area contributed by atoms with Crippen LogP contribution in [0.25, 0.3) is 0 Å². The molecule has 0 aliphatic rings. The molecule has 0 heterocycles. The minimum absolute atomic E-state index is 0.00158. The summed E-state index contributed by atoms with van der Waals surface area (Å²) in [5.41, 5.74) is 0.0537. The van der Waals surface area contributed by atoms with Crippen LogP contribution in [0, 0.1) is 21.7 Å². The molecule has 110 valence electrons. The third-order valence-electron chi connectivity index (χ3n) is 2.98. The molecule has 1 N–H and O–H groups in total. The highest BCUT2D eigenvalue weighted by Gasteiger charge is 2.20. The van der Waals surface area contributed by atoms with Crippen LogP contribution >= 0.6 is 15.9 Å². The monoisotopic (exact) mass is 356 g/mol. The second-order valence-corrected chi connectivity index (χ2v) is 5.28. The van der Waals surface area contributed by atoms with Crippen LogP contribution in [0.5, 0.6) is 0 Å². The standard InChI is InChI=1S/C14H11BrF2N2O2/c1-8(9-4-2-3-5-11(9)16)18-13-7-12(17)10(15)6-14(13)19(20)21/h2-8,18H,1H3. The lowest BCUT2D eigenvalue weighted by molar-refractivity contribution is -0.384. The largest absolute Gasteiger partial charge is 0.373 e. The second-order valence-electron chi connectivity index (χ2n) is 4.43. The summed E-state index contributed by atoms with van der Waals surface area (Å²) in [4.78, 5) is 10.4. The fourth-order valence-corrected chi connectivity index (χ4v) is 2.27. The van der Waals surface area contributed by atoms with Gasteiger partial charge in [-0.3, -0.25) is 10.1 Å². The van der Waals surface area contributed by atoms with Gasteiger partial charge in [0, 0.05) is 17.7 Å². The fourth-order valence-electron chi connectivity index (χ4n) is 1.94. The van der Waals surface area contributed by atoms with E-state index in [0.29, 0.717) is 5.56 Å². The number of anilines is 1. The van der Waals surface area contributed by atoms with E-state index >= 15 is 0 Å². The molecule has 0 fully saturated rings. The van der Waals surface area contributed by atoms with Gasteiger partial charge in [-0.2, -0.15) is 0 Å². The Morgan fingerprint density at radius 1 is 1.24 bits per heavy atom. The Labute approximate surface area is 128 Å². The first-order valence-electron chi connectivity index (χ1n) is 6.04. The maximum absolute atomic E-state index is 13.7. The van der Waals surface area contributed by atoms with Crippen molar-refractivity contribution in [2.24, 2.45) is 0 Å². The van der Waals surface area contributed by atoms with Gasteiger partial charge < -0.3 is 5.32 Å². The summed E-state index contributed by atoms with van der Waals surface area (Å²) in [5, 5.41) is 13.8. The number of hydrogen-bond acceptors (Lipinski definition) is 3. The van der Waals surface area contributed by atoms with E-state index in [4.69, 9.17) is 0 Å². The number of benzene rings is 2. The van der Waals surface area contributed by atoms with Crippen molar-refractivity contribution >= 4 is 27.3 Å². The van der Waals surface area contributed by atoms with Gasteiger partial charge >= 0.3 is 0 Å². The first-order valence-corrected chi connectivity index (χ1v) is 6.84. The van der Waals surface area contributed by atoms with Crippen molar-refractivity contribution in [1.82, 2.24) is 0 Å². The Balaban J connectivity index is 2.37. The summed E-state index contributed by atoms with van der Waals surface area (Å²) in [6.07, 6.45) is 0. The van der Waals surface area contributed by atoms with Crippen molar-refractivity contribution in [3.8, 4) is 0 Å². The van der Waals surface area contributed by atoms with E-state index in [1.54, 1.807) is 25.1 Å². The van der Waals surface area contributed by atoms with E-state index in [9.17, 15) is 18.9 Å². The van der Waals surface area contributed by atoms with E-state index in [1.165, 1.54) is 6.07 Å². The summed E-state index contributed by atoms with van der Waals surface area (Å²) < 4.78 is 27.3. The number of nitrogens with zero attached hydrogens (tertiary/aromatic N) is 1. The Morgan fingerprint density at radius 2 is 1.90 bits per heavy atom. The molecule has 0 aliphatic heterocycles. The molecule has 7 heteroatoms. The van der Waals surface area contributed by atoms with Crippen LogP contribution in [-0.4, -0.2) is 4.92 Å². The maximum atomic E-state index is 13.7. The molecule has 0 aliphatic carbocycles. The number of halogens is 3. The molecule has 0 saturated heterocycles. The van der Waals surface area contributed by atoms with E-state index in [2.05, 4.69) is 21.2 Å². The average Bonchev–Trinajstić information content (AvgIpc) is 2.42. The molecule has 2 aromatic rings. The summed E-state index contributed by atoms with van der Waals surface area (Å²) >= 11 is 2.90. The number of nitro benzene ring substituents is 1. The lowest BCUT2D eigenvalue weighted by Crippen LogP contribution is -2.10. The van der Waals surface area contributed by atoms with Crippen LogP contribution < -0.4 is 5.32 Å². The molecule has 0 radical (unpaired) electrons. The Morgan fingerprint density at radius 3 is 2.52 bits per heavy atom. The van der Waals surface area contributed by atoms with Gasteiger partial charge in [-0.1, -0.05) is 18.2 Å². The zero-order chi connectivity index (χ0) is 15.6. The van der Waals surface area contributed by atoms with Crippen molar-refractivity contribution in [1.29, 1.82) is 0 Å². The lowest BCUT2D eigenvalue weighted by atomic mass is 10.1. The number of hydrogen-bond donors (Lipinski definition) is 1. The smallest absolute Gasteiger partial charge is 0.293 e. The van der Waals surface area contributed by atoms with Crippen molar-refractivity contribution in [2.75, 3.05) is 5.32 Å². The molecule has 0 spiro atoms. The second kappa shape index (κ2) is 6.17.